The molecule has 0 bridgehead atoms. The largest absolute Gasteiger partial charge is 0.478 e. The molecule has 0 unspecified atom stereocenters. The third-order valence-corrected chi connectivity index (χ3v) is 5.76. The lowest BCUT2D eigenvalue weighted by Gasteiger charge is -2.14. The first-order chi connectivity index (χ1) is 9.81. The monoisotopic (exact) mass is 325 g/mol. The average molecular weight is 325 g/mol. The molecule has 1 atom stereocenters. The van der Waals surface area contributed by atoms with Gasteiger partial charge in [-0.3, -0.25) is 0 Å². The van der Waals surface area contributed by atoms with Crippen LogP contribution in [-0.2, 0) is 10.0 Å². The predicted octanol–water partition coefficient (Wildman–Crippen LogP) is 2.79. The lowest BCUT2D eigenvalue weighted by Crippen LogP contribution is -2.27. The normalized spacial score (nSPS) is 13.0. The van der Waals surface area contributed by atoms with Crippen LogP contribution in [0.2, 0.25) is 0 Å². The van der Waals surface area contributed by atoms with Gasteiger partial charge in [-0.15, -0.1) is 11.3 Å². The molecule has 0 amide bonds. The number of aryl methyl sites for hydroxylation is 1. The average Bonchev–Trinajstić information content (AvgIpc) is 2.92. The maximum atomic E-state index is 12.4. The quantitative estimate of drug-likeness (QED) is 0.885. The van der Waals surface area contributed by atoms with Crippen molar-refractivity contribution in [2.45, 2.75) is 24.8 Å². The fourth-order valence-corrected chi connectivity index (χ4v) is 4.22. The Labute approximate surface area is 127 Å². The molecule has 0 spiro atoms. The number of carboxylic acids is 1. The van der Waals surface area contributed by atoms with Gasteiger partial charge in [0.15, 0.2) is 0 Å². The molecule has 1 aromatic carbocycles. The van der Waals surface area contributed by atoms with E-state index in [4.69, 9.17) is 5.11 Å². The van der Waals surface area contributed by atoms with Gasteiger partial charge in [-0.25, -0.2) is 17.9 Å². The molecule has 0 saturated heterocycles. The van der Waals surface area contributed by atoms with Gasteiger partial charge in [-0.05, 0) is 43.0 Å². The van der Waals surface area contributed by atoms with Crippen LogP contribution in [0.4, 0.5) is 0 Å². The molecule has 2 aromatic rings. The van der Waals surface area contributed by atoms with Gasteiger partial charge in [-0.2, -0.15) is 0 Å². The first-order valence-corrected chi connectivity index (χ1v) is 8.57. The van der Waals surface area contributed by atoms with Crippen LogP contribution < -0.4 is 4.72 Å². The van der Waals surface area contributed by atoms with Gasteiger partial charge in [0.25, 0.3) is 0 Å². The highest BCUT2D eigenvalue weighted by molar-refractivity contribution is 7.89. The van der Waals surface area contributed by atoms with E-state index in [0.29, 0.717) is 5.56 Å². The maximum absolute atomic E-state index is 12.4. The SMILES string of the molecule is Cc1ccc(C(=O)O)cc1S(=O)(=O)N[C@H](C)c1cccs1. The minimum Gasteiger partial charge on any atom is -0.478 e. The van der Waals surface area contributed by atoms with Gasteiger partial charge >= 0.3 is 5.97 Å². The van der Waals surface area contributed by atoms with Crippen molar-refractivity contribution in [3.8, 4) is 0 Å². The zero-order chi connectivity index (χ0) is 15.6. The minimum atomic E-state index is -3.78. The molecule has 112 valence electrons. The Kier molecular flexibility index (Phi) is 4.46. The second kappa shape index (κ2) is 5.97. The van der Waals surface area contributed by atoms with Gasteiger partial charge in [0.2, 0.25) is 10.0 Å². The third kappa shape index (κ3) is 3.49. The smallest absolute Gasteiger partial charge is 0.335 e. The van der Waals surface area contributed by atoms with Gasteiger partial charge in [0.05, 0.1) is 16.5 Å². The van der Waals surface area contributed by atoms with Crippen LogP contribution >= 0.6 is 11.3 Å². The summed E-state index contributed by atoms with van der Waals surface area (Å²) in [6.07, 6.45) is 0. The number of rotatable bonds is 5. The molecule has 1 heterocycles. The van der Waals surface area contributed by atoms with Crippen LogP contribution in [0, 0.1) is 6.92 Å². The van der Waals surface area contributed by atoms with Crippen molar-refractivity contribution < 1.29 is 18.3 Å². The van der Waals surface area contributed by atoms with Crippen LogP contribution in [0.1, 0.15) is 33.8 Å². The van der Waals surface area contributed by atoms with E-state index in [-0.39, 0.29) is 16.5 Å². The Bertz CT molecular complexity index is 751. The van der Waals surface area contributed by atoms with Gasteiger partial charge in [0, 0.05) is 4.88 Å². The molecule has 21 heavy (non-hydrogen) atoms. The van der Waals surface area contributed by atoms with Crippen LogP contribution in [0.15, 0.2) is 40.6 Å². The van der Waals surface area contributed by atoms with Crippen LogP contribution in [0.3, 0.4) is 0 Å². The molecule has 0 aliphatic carbocycles. The minimum absolute atomic E-state index is 0.00851. The zero-order valence-corrected chi connectivity index (χ0v) is 13.2. The Morgan fingerprint density at radius 2 is 2.05 bits per heavy atom. The van der Waals surface area contributed by atoms with Crippen LogP contribution in [0.5, 0.6) is 0 Å². The zero-order valence-electron chi connectivity index (χ0n) is 11.5. The summed E-state index contributed by atoms with van der Waals surface area (Å²) >= 11 is 1.46. The Balaban J connectivity index is 2.35. The molecule has 2 N–H and O–H groups in total. The van der Waals surface area contributed by atoms with Crippen LogP contribution in [-0.4, -0.2) is 19.5 Å². The molecular formula is C14H15NO4S2. The molecule has 0 saturated carbocycles. The third-order valence-electron chi connectivity index (χ3n) is 3.03. The molecule has 0 radical (unpaired) electrons. The van der Waals surface area contributed by atoms with Gasteiger partial charge in [0.1, 0.15) is 0 Å². The van der Waals surface area contributed by atoms with Crippen molar-refractivity contribution in [3.05, 3.63) is 51.7 Å². The topological polar surface area (TPSA) is 83.5 Å². The second-order valence-electron chi connectivity index (χ2n) is 4.64. The summed E-state index contributed by atoms with van der Waals surface area (Å²) in [5.41, 5.74) is 0.454. The van der Waals surface area contributed by atoms with Crippen molar-refractivity contribution in [1.29, 1.82) is 0 Å². The molecule has 2 rings (SSSR count). The van der Waals surface area contributed by atoms with Crippen molar-refractivity contribution >= 4 is 27.3 Å². The fourth-order valence-electron chi connectivity index (χ4n) is 1.91. The fraction of sp³-hybridized carbons (Fsp3) is 0.214. The number of sulfonamides is 1. The number of hydrogen-bond acceptors (Lipinski definition) is 4. The number of hydrogen-bond donors (Lipinski definition) is 2. The number of carbonyl (C=O) groups is 1. The van der Waals surface area contributed by atoms with E-state index in [1.165, 1.54) is 29.5 Å². The maximum Gasteiger partial charge on any atom is 0.335 e. The highest BCUT2D eigenvalue weighted by Crippen LogP contribution is 2.23. The lowest BCUT2D eigenvalue weighted by atomic mass is 10.1. The standard InChI is InChI=1S/C14H15NO4S2/c1-9-5-6-11(14(16)17)8-13(9)21(18,19)15-10(2)12-4-3-7-20-12/h3-8,10,15H,1-2H3,(H,16,17)/t10-/m1/s1. The van der Waals surface area contributed by atoms with E-state index >= 15 is 0 Å². The van der Waals surface area contributed by atoms with E-state index in [9.17, 15) is 13.2 Å². The lowest BCUT2D eigenvalue weighted by molar-refractivity contribution is 0.0696. The van der Waals surface area contributed by atoms with Crippen molar-refractivity contribution in [1.82, 2.24) is 4.72 Å². The second-order valence-corrected chi connectivity index (χ2v) is 7.31. The molecule has 0 fully saturated rings. The Morgan fingerprint density at radius 1 is 1.33 bits per heavy atom. The number of nitrogens with one attached hydrogen (secondary N) is 1. The first-order valence-electron chi connectivity index (χ1n) is 6.21. The van der Waals surface area contributed by atoms with E-state index < -0.39 is 16.0 Å². The van der Waals surface area contributed by atoms with Gasteiger partial charge < -0.3 is 5.11 Å². The molecule has 7 heteroatoms. The summed E-state index contributed by atoms with van der Waals surface area (Å²) < 4.78 is 27.4. The van der Waals surface area contributed by atoms with Crippen molar-refractivity contribution in [3.63, 3.8) is 0 Å². The summed E-state index contributed by atoms with van der Waals surface area (Å²) in [7, 11) is -3.78. The molecule has 0 aliphatic rings. The molecule has 5 nitrogen and oxygen atoms in total. The summed E-state index contributed by atoms with van der Waals surface area (Å²) in [5, 5.41) is 10.9. The predicted molar refractivity (Wildman–Crippen MR) is 81.2 cm³/mol. The molecule has 1 aromatic heterocycles. The van der Waals surface area contributed by atoms with Crippen molar-refractivity contribution in [2.24, 2.45) is 0 Å². The number of carboxylic acid groups (broad SMARTS) is 1. The van der Waals surface area contributed by atoms with E-state index in [1.54, 1.807) is 13.8 Å². The van der Waals surface area contributed by atoms with E-state index in [0.717, 1.165) is 4.88 Å². The highest BCUT2D eigenvalue weighted by Gasteiger charge is 2.22. The van der Waals surface area contributed by atoms with E-state index in [1.807, 2.05) is 17.5 Å². The summed E-state index contributed by atoms with van der Waals surface area (Å²) in [5.74, 6) is -1.15. The summed E-state index contributed by atoms with van der Waals surface area (Å²) in [4.78, 5) is 11.9. The highest BCUT2D eigenvalue weighted by atomic mass is 32.2. The number of thiophene rings is 1. The summed E-state index contributed by atoms with van der Waals surface area (Å²) in [6.45, 7) is 3.38. The molecular weight excluding hydrogens is 310 g/mol. The van der Waals surface area contributed by atoms with Crippen molar-refractivity contribution in [2.75, 3.05) is 0 Å². The number of benzene rings is 1. The number of aromatic carboxylic acids is 1. The summed E-state index contributed by atoms with van der Waals surface area (Å²) in [6, 6.07) is 7.39. The molecule has 0 aliphatic heterocycles. The van der Waals surface area contributed by atoms with E-state index in [2.05, 4.69) is 4.72 Å². The Morgan fingerprint density at radius 3 is 2.62 bits per heavy atom. The van der Waals surface area contributed by atoms with Crippen LogP contribution in [0.25, 0.3) is 0 Å². The Hall–Kier alpha value is -1.70. The van der Waals surface area contributed by atoms with Gasteiger partial charge in [-0.1, -0.05) is 12.1 Å². The first kappa shape index (κ1) is 15.7.